The van der Waals surface area contributed by atoms with E-state index in [1.807, 2.05) is 66.7 Å². The van der Waals surface area contributed by atoms with Crippen molar-refractivity contribution >= 4 is 34.7 Å². The molecule has 1 aromatic heterocycles. The van der Waals surface area contributed by atoms with Crippen LogP contribution in [-0.2, 0) is 38.9 Å². The topological polar surface area (TPSA) is 142 Å². The fraction of sp³-hybridized carbons (Fsp3) is 0.452. The molecule has 2 amide bonds. The number of rotatable bonds is 11. The molecule has 2 aliphatic heterocycles. The maximum absolute atomic E-state index is 15.0. The van der Waals surface area contributed by atoms with Gasteiger partial charge in [0.15, 0.2) is 0 Å². The molecule has 0 saturated carbocycles. The number of aromatic nitrogens is 4. The number of nitrogens with one attached hydrogen (secondary N) is 2. The number of piperidine rings is 1. The average molecular weight is 815 g/mol. The zero-order valence-corrected chi connectivity index (χ0v) is 34.5. The van der Waals surface area contributed by atoms with Crippen LogP contribution in [0.5, 0.6) is 0 Å². The number of H-pyrrole nitrogens is 1. The lowest BCUT2D eigenvalue weighted by atomic mass is 9.71. The molecule has 0 unspecified atom stereocenters. The number of likely N-dealkylation sites (tertiary alicyclic amines) is 1. The van der Waals surface area contributed by atoms with Gasteiger partial charge in [-0.3, -0.25) is 19.5 Å². The minimum absolute atomic E-state index is 0.0634. The van der Waals surface area contributed by atoms with Crippen LogP contribution in [0, 0.1) is 0 Å². The molecule has 1 saturated heterocycles. The normalized spacial score (nSPS) is 16.4. The van der Waals surface area contributed by atoms with E-state index in [1.165, 1.54) is 12.4 Å². The average Bonchev–Trinajstić information content (AvgIpc) is 3.26. The number of aromatic amines is 1. The Morgan fingerprint density at radius 2 is 1.82 bits per heavy atom. The number of amides is 2. The number of hydrogen-bond acceptors (Lipinski definition) is 7. The molecule has 2 aliphatic rings. The van der Waals surface area contributed by atoms with E-state index in [0.717, 1.165) is 34.0 Å². The Balaban J connectivity index is 0.00000428. The van der Waals surface area contributed by atoms with Crippen LogP contribution in [0.2, 0.25) is 5.02 Å². The second kappa shape index (κ2) is 21.5. The third kappa shape index (κ3) is 11.8. The summed E-state index contributed by atoms with van der Waals surface area (Å²) < 4.78 is 46.4. The quantitative estimate of drug-likeness (QED) is 0.0890. The van der Waals surface area contributed by atoms with Crippen LogP contribution in [0.1, 0.15) is 96.8 Å². The van der Waals surface area contributed by atoms with E-state index >= 15 is 4.79 Å². The lowest BCUT2D eigenvalue weighted by Crippen LogP contribution is -2.48. The first-order valence-electron chi connectivity index (χ1n) is 19.2. The van der Waals surface area contributed by atoms with Gasteiger partial charge in [-0.1, -0.05) is 75.2 Å². The highest BCUT2D eigenvalue weighted by Gasteiger charge is 2.40. The molecule has 0 aliphatic carbocycles. The highest BCUT2D eigenvalue weighted by Crippen LogP contribution is 2.38. The molecule has 1 fully saturated rings. The number of nitrogens with zero attached hydrogens (tertiary/aromatic N) is 4. The number of ether oxygens (including phenoxy) is 1. The van der Waals surface area contributed by atoms with E-state index in [2.05, 4.69) is 20.4 Å². The molecule has 3 heterocycles. The van der Waals surface area contributed by atoms with Gasteiger partial charge >= 0.3 is 6.18 Å². The van der Waals surface area contributed by atoms with Gasteiger partial charge in [0.25, 0.3) is 11.5 Å². The van der Waals surface area contributed by atoms with Crippen LogP contribution in [0.4, 0.5) is 18.9 Å². The summed E-state index contributed by atoms with van der Waals surface area (Å²) in [6, 6.07) is 2.58. The smallest absolute Gasteiger partial charge is 0.416 e. The maximum atomic E-state index is 15.0. The number of allylic oxidation sites excluding steroid dienone is 6. The number of carbonyl (C=O) groups excluding carboxylic acids is 2. The standard InChI is InChI=1S/C40H48ClF3N6O5.C2H6/c1-6-10-11-32(51)34(26(5)8-3)37(53)49-19-17-39(16-7-2,18-20-49)35-30(9-4)45-25-46-36(27-14-21-55-22-15-27)48-50(38(35)54)24-33(52)47-31-13-12-28(23-29(31)41)40(42,43)44;1-2/h6-7,10-14,16,23,25,51H,8-9,15,17-22,24H2,1-5H3,(H,47,52)(H,45,46,48);1-2H3/b10-6-,16-7+,32-11+,34-26?,35-30?;. The minimum atomic E-state index is -4.63. The predicted octanol–water partition coefficient (Wildman–Crippen LogP) is 8.97. The molecular weight excluding hydrogens is 761 g/mol. The summed E-state index contributed by atoms with van der Waals surface area (Å²) in [6.07, 6.45) is 9.19. The summed E-state index contributed by atoms with van der Waals surface area (Å²) in [5, 5.41) is 16.2. The Labute approximate surface area is 337 Å². The van der Waals surface area contributed by atoms with Crippen molar-refractivity contribution in [1.29, 1.82) is 0 Å². The highest BCUT2D eigenvalue weighted by molar-refractivity contribution is 6.33. The van der Waals surface area contributed by atoms with Crippen molar-refractivity contribution in [3.63, 3.8) is 0 Å². The minimum Gasteiger partial charge on any atom is -0.507 e. The van der Waals surface area contributed by atoms with Crippen molar-refractivity contribution in [2.24, 2.45) is 0 Å². The Morgan fingerprint density at radius 3 is 2.39 bits per heavy atom. The molecule has 2 aromatic rings. The molecule has 0 atom stereocenters. The van der Waals surface area contributed by atoms with Gasteiger partial charge in [0.2, 0.25) is 5.91 Å². The van der Waals surface area contributed by atoms with Gasteiger partial charge in [-0.15, -0.1) is 0 Å². The van der Waals surface area contributed by atoms with E-state index in [-0.39, 0.29) is 46.9 Å². The second-order valence-corrected chi connectivity index (χ2v) is 13.6. The number of carbonyl (C=O) groups is 2. The largest absolute Gasteiger partial charge is 0.507 e. The highest BCUT2D eigenvalue weighted by atomic mass is 35.5. The van der Waals surface area contributed by atoms with Crippen LogP contribution < -0.4 is 10.9 Å². The number of hydrogen-bond donors (Lipinski definition) is 3. The van der Waals surface area contributed by atoms with Crippen LogP contribution in [-0.4, -0.2) is 67.9 Å². The Morgan fingerprint density at radius 1 is 1.12 bits per heavy atom. The molecule has 0 radical (unpaired) electrons. The molecule has 3 N–H and O–H groups in total. The van der Waals surface area contributed by atoms with Gasteiger partial charge in [-0.05, 0) is 82.7 Å². The molecule has 0 spiro atoms. The zero-order chi connectivity index (χ0) is 42.3. The SMILES string of the molecule is C/C=C\C=C(\O)C(C(=O)N1CCC(/C=C/C)(c2c(CC)ncnc(C3=CCOCC3)[nH]n(CC(=O)Nc3ccc(C(F)(F)F)cc3Cl)c2=O)CC1)=C(C)CC.CC. The summed E-state index contributed by atoms with van der Waals surface area (Å²) in [6.45, 7) is 13.8. The molecular formula is C42H54ClF3N6O5. The fourth-order valence-electron chi connectivity index (χ4n) is 6.63. The lowest BCUT2D eigenvalue weighted by molar-refractivity contribution is -0.137. The molecule has 15 heteroatoms. The Bertz CT molecular complexity index is 2020. The molecule has 1 aromatic carbocycles. The summed E-state index contributed by atoms with van der Waals surface area (Å²) in [5.74, 6) is -0.913. The van der Waals surface area contributed by atoms with Gasteiger partial charge in [0, 0.05) is 18.5 Å². The summed E-state index contributed by atoms with van der Waals surface area (Å²) in [7, 11) is 0. The maximum Gasteiger partial charge on any atom is 0.416 e. The molecule has 310 valence electrons. The first-order chi connectivity index (χ1) is 27.2. The van der Waals surface area contributed by atoms with E-state index in [9.17, 15) is 27.9 Å². The Hall–Kier alpha value is -4.95. The summed E-state index contributed by atoms with van der Waals surface area (Å²) in [4.78, 5) is 53.5. The zero-order valence-electron chi connectivity index (χ0n) is 33.7. The van der Waals surface area contributed by atoms with Crippen molar-refractivity contribution in [1.82, 2.24) is 24.6 Å². The molecule has 57 heavy (non-hydrogen) atoms. The number of benzene rings is 1. The number of halogens is 4. The van der Waals surface area contributed by atoms with E-state index < -0.39 is 35.2 Å². The Kier molecular flexibility index (Phi) is 17.5. The van der Waals surface area contributed by atoms with Crippen LogP contribution >= 0.6 is 11.6 Å². The lowest BCUT2D eigenvalue weighted by Gasteiger charge is -2.40. The fourth-order valence-corrected chi connectivity index (χ4v) is 6.86. The number of anilines is 1. The van der Waals surface area contributed by atoms with Gasteiger partial charge < -0.3 is 20.1 Å². The van der Waals surface area contributed by atoms with Crippen LogP contribution in [0.15, 0.2) is 82.7 Å². The van der Waals surface area contributed by atoms with Crippen molar-refractivity contribution in [2.45, 2.75) is 98.7 Å². The van der Waals surface area contributed by atoms with E-state index in [1.54, 1.807) is 17.1 Å². The van der Waals surface area contributed by atoms with Crippen molar-refractivity contribution < 1.29 is 32.6 Å². The number of aliphatic hydroxyl groups excluding tert-OH is 1. The monoisotopic (exact) mass is 814 g/mol. The summed E-state index contributed by atoms with van der Waals surface area (Å²) >= 11 is 6.15. The van der Waals surface area contributed by atoms with Gasteiger partial charge in [-0.25, -0.2) is 14.6 Å². The molecule has 0 bridgehead atoms. The first kappa shape index (κ1) is 46.4. The van der Waals surface area contributed by atoms with Crippen LogP contribution in [0.3, 0.4) is 0 Å². The number of aliphatic hydroxyl groups is 1. The third-order valence-electron chi connectivity index (χ3n) is 9.66. The van der Waals surface area contributed by atoms with Crippen molar-refractivity contribution in [3.05, 3.63) is 116 Å². The molecule has 11 nitrogen and oxygen atoms in total. The van der Waals surface area contributed by atoms with Gasteiger partial charge in [0.05, 0.1) is 46.3 Å². The van der Waals surface area contributed by atoms with E-state index in [4.69, 9.17) is 16.3 Å². The summed E-state index contributed by atoms with van der Waals surface area (Å²) in [5.41, 5.74) is -0.112. The predicted molar refractivity (Wildman–Crippen MR) is 218 cm³/mol. The molecule has 4 rings (SSSR count). The van der Waals surface area contributed by atoms with Crippen molar-refractivity contribution in [2.75, 3.05) is 31.6 Å². The first-order valence-corrected chi connectivity index (χ1v) is 19.6. The van der Waals surface area contributed by atoms with Crippen LogP contribution in [0.25, 0.3) is 5.57 Å². The van der Waals surface area contributed by atoms with Gasteiger partial charge in [0.1, 0.15) is 24.5 Å². The van der Waals surface area contributed by atoms with Crippen molar-refractivity contribution in [3.8, 4) is 0 Å². The number of alkyl halides is 3. The second-order valence-electron chi connectivity index (χ2n) is 13.2. The van der Waals surface area contributed by atoms with Gasteiger partial charge in [-0.2, -0.15) is 13.2 Å². The third-order valence-corrected chi connectivity index (χ3v) is 9.98. The number of aryl methyl sites for hydroxylation is 1. The van der Waals surface area contributed by atoms with E-state index in [0.29, 0.717) is 56.6 Å².